The molecule has 23 heavy (non-hydrogen) atoms. The van der Waals surface area contributed by atoms with Crippen molar-refractivity contribution in [3.05, 3.63) is 40.9 Å². The zero-order chi connectivity index (χ0) is 16.0. The molecule has 2 aliphatic heterocycles. The molecule has 0 amide bonds. The van der Waals surface area contributed by atoms with E-state index in [0.29, 0.717) is 17.3 Å². The van der Waals surface area contributed by atoms with Gasteiger partial charge >= 0.3 is 5.69 Å². The predicted octanol–water partition coefficient (Wildman–Crippen LogP) is 0.733. The number of hydrogen-bond acceptors (Lipinski definition) is 7. The van der Waals surface area contributed by atoms with Crippen molar-refractivity contribution in [3.63, 3.8) is 0 Å². The van der Waals surface area contributed by atoms with Crippen molar-refractivity contribution in [1.29, 1.82) is 0 Å². The summed E-state index contributed by atoms with van der Waals surface area (Å²) in [5.41, 5.74) is 0.215. The predicted molar refractivity (Wildman–Crippen MR) is 79.9 cm³/mol. The Morgan fingerprint density at radius 2 is 2.17 bits per heavy atom. The number of nitrogens with one attached hydrogen (secondary N) is 1. The molecule has 1 aromatic carbocycles. The number of nitrogens with zero attached hydrogens (tertiary/aromatic N) is 2. The van der Waals surface area contributed by atoms with Gasteiger partial charge in [0.25, 0.3) is 0 Å². The van der Waals surface area contributed by atoms with E-state index in [-0.39, 0.29) is 13.0 Å². The summed E-state index contributed by atoms with van der Waals surface area (Å²) in [5, 5.41) is 22.0. The summed E-state index contributed by atoms with van der Waals surface area (Å²) >= 11 is 0. The van der Waals surface area contributed by atoms with Gasteiger partial charge in [-0.1, -0.05) is 12.1 Å². The number of anilines is 2. The van der Waals surface area contributed by atoms with E-state index >= 15 is 0 Å². The van der Waals surface area contributed by atoms with Crippen LogP contribution in [0.25, 0.3) is 0 Å². The Balaban J connectivity index is 1.69. The summed E-state index contributed by atoms with van der Waals surface area (Å²) in [7, 11) is 0. The highest BCUT2D eigenvalue weighted by molar-refractivity contribution is 5.72. The van der Waals surface area contributed by atoms with Crippen LogP contribution < -0.4 is 15.7 Å². The normalized spacial score (nSPS) is 25.2. The van der Waals surface area contributed by atoms with Gasteiger partial charge < -0.3 is 25.0 Å². The molecule has 8 heteroatoms. The van der Waals surface area contributed by atoms with Gasteiger partial charge in [0.1, 0.15) is 12.3 Å². The highest BCUT2D eigenvalue weighted by Crippen LogP contribution is 2.40. The summed E-state index contributed by atoms with van der Waals surface area (Å²) < 4.78 is 12.5. The molecule has 4 rings (SSSR count). The lowest BCUT2D eigenvalue weighted by Gasteiger charge is -2.22. The molecule has 0 saturated carbocycles. The Morgan fingerprint density at radius 3 is 2.96 bits per heavy atom. The standard InChI is InChI=1S/C15H15N3O5/c19-7-12-9(20)5-13(23-12)18-6-11-14(17-15(18)21)16-8-3-1-2-4-10(8)22-11/h1-4,6,9,12-13,19-20H,5,7H2,(H,16,17,21)/t9-,12?,13?/m1/s1. The first-order valence-electron chi connectivity index (χ1n) is 7.27. The van der Waals surface area contributed by atoms with E-state index in [4.69, 9.17) is 14.6 Å². The molecule has 1 aromatic heterocycles. The van der Waals surface area contributed by atoms with E-state index in [9.17, 15) is 9.90 Å². The first-order chi connectivity index (χ1) is 11.2. The molecular formula is C15H15N3O5. The first kappa shape index (κ1) is 14.2. The molecule has 0 spiro atoms. The van der Waals surface area contributed by atoms with Crippen LogP contribution in [-0.2, 0) is 4.74 Å². The molecule has 1 fully saturated rings. The van der Waals surface area contributed by atoms with Gasteiger partial charge in [-0.25, -0.2) is 4.79 Å². The Labute approximate surface area is 130 Å². The molecule has 2 aromatic rings. The van der Waals surface area contributed by atoms with Crippen molar-refractivity contribution in [2.45, 2.75) is 24.9 Å². The fraction of sp³-hybridized carbons (Fsp3) is 0.333. The fourth-order valence-corrected chi connectivity index (χ4v) is 2.78. The molecule has 2 unspecified atom stereocenters. The average Bonchev–Trinajstić information content (AvgIpc) is 2.93. The van der Waals surface area contributed by atoms with Crippen LogP contribution in [0, 0.1) is 0 Å². The minimum atomic E-state index is -0.826. The maximum atomic E-state index is 12.2. The van der Waals surface area contributed by atoms with Crippen molar-refractivity contribution in [3.8, 4) is 11.5 Å². The molecule has 120 valence electrons. The van der Waals surface area contributed by atoms with Crippen LogP contribution in [-0.4, -0.2) is 38.6 Å². The maximum Gasteiger partial charge on any atom is 0.351 e. The molecular weight excluding hydrogens is 302 g/mol. The van der Waals surface area contributed by atoms with E-state index in [1.807, 2.05) is 18.2 Å². The summed E-state index contributed by atoms with van der Waals surface area (Å²) in [4.78, 5) is 16.2. The molecule has 1 saturated heterocycles. The quantitative estimate of drug-likeness (QED) is 0.640. The number of rotatable bonds is 2. The number of ether oxygens (including phenoxy) is 2. The van der Waals surface area contributed by atoms with Gasteiger partial charge in [0.2, 0.25) is 0 Å². The number of aromatic nitrogens is 2. The van der Waals surface area contributed by atoms with Gasteiger partial charge in [-0.05, 0) is 12.1 Å². The second-order valence-corrected chi connectivity index (χ2v) is 5.48. The largest absolute Gasteiger partial charge is 0.450 e. The number of para-hydroxylation sites is 2. The zero-order valence-corrected chi connectivity index (χ0v) is 12.0. The van der Waals surface area contributed by atoms with Crippen molar-refractivity contribution < 1.29 is 19.7 Å². The Kier molecular flexibility index (Phi) is 3.29. The van der Waals surface area contributed by atoms with Crippen molar-refractivity contribution in [1.82, 2.24) is 9.55 Å². The molecule has 3 atom stereocenters. The average molecular weight is 317 g/mol. The first-order valence-corrected chi connectivity index (χ1v) is 7.27. The number of hydrogen-bond donors (Lipinski definition) is 3. The van der Waals surface area contributed by atoms with E-state index < -0.39 is 24.1 Å². The van der Waals surface area contributed by atoms with E-state index in [0.717, 1.165) is 5.69 Å². The number of benzene rings is 1. The maximum absolute atomic E-state index is 12.2. The van der Waals surface area contributed by atoms with E-state index in [1.54, 1.807) is 6.07 Å². The Hall–Kier alpha value is -2.42. The van der Waals surface area contributed by atoms with Gasteiger partial charge in [0.05, 0.1) is 24.6 Å². The molecule has 0 aliphatic carbocycles. The molecule has 0 radical (unpaired) electrons. The summed E-state index contributed by atoms with van der Waals surface area (Å²) in [5.74, 6) is 1.36. The van der Waals surface area contributed by atoms with Crippen molar-refractivity contribution in [2.24, 2.45) is 0 Å². The molecule has 3 N–H and O–H groups in total. The molecule has 0 bridgehead atoms. The lowest BCUT2D eigenvalue weighted by atomic mass is 10.2. The molecule has 3 heterocycles. The van der Waals surface area contributed by atoms with Gasteiger partial charge in [-0.2, -0.15) is 4.98 Å². The number of aliphatic hydroxyl groups is 2. The lowest BCUT2D eigenvalue weighted by molar-refractivity contribution is -0.0459. The SMILES string of the molecule is O=c1nc2c(cn1C1C[C@@H](O)C(CO)O1)Oc1ccccc1N2. The highest BCUT2D eigenvalue weighted by Gasteiger charge is 2.35. The van der Waals surface area contributed by atoms with Gasteiger partial charge in [0, 0.05) is 6.42 Å². The van der Waals surface area contributed by atoms with Crippen LogP contribution in [0.3, 0.4) is 0 Å². The smallest absolute Gasteiger partial charge is 0.351 e. The highest BCUT2D eigenvalue weighted by atomic mass is 16.5. The van der Waals surface area contributed by atoms with Gasteiger partial charge in [0.15, 0.2) is 17.3 Å². The summed E-state index contributed by atoms with van der Waals surface area (Å²) in [6.45, 7) is -0.309. The van der Waals surface area contributed by atoms with Crippen LogP contribution in [0.4, 0.5) is 11.5 Å². The second kappa shape index (κ2) is 5.34. The summed E-state index contributed by atoms with van der Waals surface area (Å²) in [6, 6.07) is 7.33. The lowest BCUT2D eigenvalue weighted by Crippen LogP contribution is -2.28. The van der Waals surface area contributed by atoms with E-state index in [2.05, 4.69) is 10.3 Å². The zero-order valence-electron chi connectivity index (χ0n) is 12.0. The summed E-state index contributed by atoms with van der Waals surface area (Å²) in [6.07, 6.45) is -0.510. The minimum absolute atomic E-state index is 0.204. The van der Waals surface area contributed by atoms with Crippen LogP contribution in [0.1, 0.15) is 12.6 Å². The Morgan fingerprint density at radius 1 is 1.35 bits per heavy atom. The van der Waals surface area contributed by atoms with Crippen LogP contribution >= 0.6 is 0 Å². The number of fused-ring (bicyclic) bond motifs is 2. The second-order valence-electron chi connectivity index (χ2n) is 5.48. The third kappa shape index (κ3) is 2.37. The van der Waals surface area contributed by atoms with E-state index in [1.165, 1.54) is 10.8 Å². The monoisotopic (exact) mass is 317 g/mol. The molecule has 8 nitrogen and oxygen atoms in total. The minimum Gasteiger partial charge on any atom is -0.450 e. The van der Waals surface area contributed by atoms with Crippen molar-refractivity contribution in [2.75, 3.05) is 11.9 Å². The number of aliphatic hydroxyl groups excluding tert-OH is 2. The Bertz CT molecular complexity index is 806. The third-order valence-corrected chi connectivity index (χ3v) is 3.97. The third-order valence-electron chi connectivity index (χ3n) is 3.97. The van der Waals surface area contributed by atoms with Gasteiger partial charge in [-0.3, -0.25) is 4.57 Å². The van der Waals surface area contributed by atoms with Crippen LogP contribution in [0.2, 0.25) is 0 Å². The van der Waals surface area contributed by atoms with Gasteiger partial charge in [-0.15, -0.1) is 0 Å². The van der Waals surface area contributed by atoms with Crippen LogP contribution in [0.5, 0.6) is 11.5 Å². The topological polar surface area (TPSA) is 106 Å². The molecule has 2 aliphatic rings. The van der Waals surface area contributed by atoms with Crippen molar-refractivity contribution >= 4 is 11.5 Å². The van der Waals surface area contributed by atoms with Crippen LogP contribution in [0.15, 0.2) is 35.3 Å². The fourth-order valence-electron chi connectivity index (χ4n) is 2.78.